The molecular weight excluding hydrogens is 370 g/mol. The van der Waals surface area contributed by atoms with Gasteiger partial charge in [0.15, 0.2) is 0 Å². The number of fused-ring (bicyclic) bond motifs is 1. The molecule has 0 saturated heterocycles. The number of methoxy groups -OCH3 is 1. The predicted molar refractivity (Wildman–Crippen MR) is 119 cm³/mol. The van der Waals surface area contributed by atoms with Crippen LogP contribution in [0.25, 0.3) is 5.57 Å². The molecule has 0 fully saturated rings. The topological polar surface area (TPSA) is 38.7 Å². The molecule has 148 valence electrons. The fourth-order valence-electron chi connectivity index (χ4n) is 4.95. The number of carbonyl (C=O) groups excluding carboxylic acids is 1. The molecule has 0 aromatic heterocycles. The van der Waals surface area contributed by atoms with Crippen LogP contribution in [0.5, 0.6) is 0 Å². The summed E-state index contributed by atoms with van der Waals surface area (Å²) in [6.07, 6.45) is 2.09. The van der Waals surface area contributed by atoms with Gasteiger partial charge in [-0.15, -0.1) is 0 Å². The summed E-state index contributed by atoms with van der Waals surface area (Å²) >= 11 is 0. The maximum atomic E-state index is 12.9. The van der Waals surface area contributed by atoms with E-state index >= 15 is 0 Å². The first-order valence-corrected chi connectivity index (χ1v) is 10.2. The number of esters is 1. The van der Waals surface area contributed by atoms with Gasteiger partial charge in [0.1, 0.15) is 5.92 Å². The third kappa shape index (κ3) is 2.66. The van der Waals surface area contributed by atoms with Gasteiger partial charge >= 0.3 is 5.97 Å². The van der Waals surface area contributed by atoms with Crippen molar-refractivity contribution in [3.05, 3.63) is 113 Å². The highest BCUT2D eigenvalue weighted by Crippen LogP contribution is 2.53. The van der Waals surface area contributed by atoms with Gasteiger partial charge < -0.3 is 4.74 Å². The van der Waals surface area contributed by atoms with E-state index in [4.69, 9.17) is 9.73 Å². The number of allylic oxidation sites excluding steroid dienone is 1. The Labute approximate surface area is 176 Å². The van der Waals surface area contributed by atoms with Crippen molar-refractivity contribution in [1.82, 2.24) is 0 Å². The van der Waals surface area contributed by atoms with Crippen LogP contribution in [0, 0.1) is 5.92 Å². The summed E-state index contributed by atoms with van der Waals surface area (Å²) in [4.78, 5) is 18.1. The maximum absolute atomic E-state index is 12.9. The summed E-state index contributed by atoms with van der Waals surface area (Å²) in [7, 11) is 1.45. The summed E-state index contributed by atoms with van der Waals surface area (Å²) < 4.78 is 5.22. The molecule has 0 N–H and O–H groups in total. The Morgan fingerprint density at radius 2 is 1.47 bits per heavy atom. The lowest BCUT2D eigenvalue weighted by Gasteiger charge is -2.39. The normalized spacial score (nSPS) is 24.3. The third-order valence-corrected chi connectivity index (χ3v) is 6.39. The molecule has 30 heavy (non-hydrogen) atoms. The average molecular weight is 393 g/mol. The average Bonchev–Trinajstić information content (AvgIpc) is 3.01. The number of aliphatic imine (C=N–C) groups is 1. The van der Waals surface area contributed by atoms with Crippen molar-refractivity contribution in [3.63, 3.8) is 0 Å². The first-order valence-electron chi connectivity index (χ1n) is 10.2. The molecule has 6 rings (SSSR count). The maximum Gasteiger partial charge on any atom is 0.315 e. The Hall–Kier alpha value is -3.46. The number of ether oxygens (including phenoxy) is 1. The first kappa shape index (κ1) is 18.6. The van der Waals surface area contributed by atoms with Crippen molar-refractivity contribution in [3.8, 4) is 0 Å². The molecule has 0 saturated carbocycles. The molecule has 3 aromatic carbocycles. The van der Waals surface area contributed by atoms with Gasteiger partial charge in [-0.1, -0.05) is 91.0 Å². The van der Waals surface area contributed by atoms with Crippen molar-refractivity contribution in [2.75, 3.05) is 7.11 Å². The Morgan fingerprint density at radius 1 is 0.867 bits per heavy atom. The number of hydrogen-bond acceptors (Lipinski definition) is 3. The Morgan fingerprint density at radius 3 is 2.13 bits per heavy atom. The van der Waals surface area contributed by atoms with E-state index in [1.165, 1.54) is 12.7 Å². The van der Waals surface area contributed by atoms with E-state index in [0.717, 1.165) is 28.0 Å². The van der Waals surface area contributed by atoms with Crippen LogP contribution in [0.3, 0.4) is 0 Å². The number of carbonyl (C=O) groups is 1. The fraction of sp³-hybridized carbons (Fsp3) is 0.185. The zero-order valence-electron chi connectivity index (χ0n) is 17.1. The lowest BCUT2D eigenvalue weighted by molar-refractivity contribution is -0.144. The Balaban J connectivity index is 1.87. The highest BCUT2D eigenvalue weighted by molar-refractivity contribution is 6.17. The molecule has 3 aliphatic rings. The van der Waals surface area contributed by atoms with Crippen LogP contribution in [-0.2, 0) is 14.9 Å². The molecule has 2 heterocycles. The molecule has 0 radical (unpaired) electrons. The van der Waals surface area contributed by atoms with E-state index in [-0.39, 0.29) is 12.0 Å². The molecule has 0 amide bonds. The lowest BCUT2D eigenvalue weighted by Crippen LogP contribution is -2.38. The van der Waals surface area contributed by atoms with Gasteiger partial charge in [0.2, 0.25) is 0 Å². The lowest BCUT2D eigenvalue weighted by atomic mass is 9.66. The van der Waals surface area contributed by atoms with Crippen LogP contribution in [0.15, 0.2) is 96.0 Å². The second-order valence-corrected chi connectivity index (χ2v) is 8.00. The van der Waals surface area contributed by atoms with Gasteiger partial charge in [-0.2, -0.15) is 0 Å². The van der Waals surface area contributed by atoms with E-state index < -0.39 is 11.3 Å². The fourth-order valence-corrected chi connectivity index (χ4v) is 4.95. The number of hydrogen-bond donors (Lipinski definition) is 0. The monoisotopic (exact) mass is 393 g/mol. The molecule has 3 atom stereocenters. The van der Waals surface area contributed by atoms with Crippen molar-refractivity contribution >= 4 is 17.3 Å². The van der Waals surface area contributed by atoms with Crippen LogP contribution in [0.4, 0.5) is 0 Å². The molecule has 3 aromatic rings. The van der Waals surface area contributed by atoms with Crippen molar-refractivity contribution < 1.29 is 9.53 Å². The number of benzene rings is 3. The summed E-state index contributed by atoms with van der Waals surface area (Å²) in [5, 5.41) is 0. The van der Waals surface area contributed by atoms with Gasteiger partial charge in [0.25, 0.3) is 0 Å². The number of nitrogens with zero attached hydrogens (tertiary/aromatic N) is 1. The molecule has 3 unspecified atom stereocenters. The summed E-state index contributed by atoms with van der Waals surface area (Å²) in [5.74, 6) is -0.736. The highest BCUT2D eigenvalue weighted by atomic mass is 16.5. The Kier molecular flexibility index (Phi) is 4.39. The first-order chi connectivity index (χ1) is 14.6. The molecule has 2 bridgehead atoms. The van der Waals surface area contributed by atoms with Crippen molar-refractivity contribution in [2.24, 2.45) is 10.9 Å². The third-order valence-electron chi connectivity index (χ3n) is 6.39. The number of rotatable bonds is 3. The molecule has 3 nitrogen and oxygen atoms in total. The second-order valence-electron chi connectivity index (χ2n) is 8.00. The molecule has 0 spiro atoms. The van der Waals surface area contributed by atoms with E-state index in [9.17, 15) is 4.79 Å². The van der Waals surface area contributed by atoms with Crippen LogP contribution < -0.4 is 0 Å². The van der Waals surface area contributed by atoms with E-state index in [1.807, 2.05) is 42.5 Å². The van der Waals surface area contributed by atoms with Crippen molar-refractivity contribution in [2.45, 2.75) is 18.4 Å². The SMILES string of the molecule is COC(=O)C1C=C(c2ccccc2)C2(C)C(c3ccccc3)=NC1c1ccccc12. The summed E-state index contributed by atoms with van der Waals surface area (Å²) in [6.45, 7) is 2.23. The Bertz CT molecular complexity index is 1160. The predicted octanol–water partition coefficient (Wildman–Crippen LogP) is 5.37. The largest absolute Gasteiger partial charge is 0.468 e. The van der Waals surface area contributed by atoms with Gasteiger partial charge in [-0.3, -0.25) is 9.79 Å². The zero-order valence-corrected chi connectivity index (χ0v) is 17.1. The van der Waals surface area contributed by atoms with Crippen LogP contribution >= 0.6 is 0 Å². The van der Waals surface area contributed by atoms with Crippen LogP contribution in [0.2, 0.25) is 0 Å². The van der Waals surface area contributed by atoms with E-state index in [1.54, 1.807) is 0 Å². The minimum atomic E-state index is -0.488. The minimum Gasteiger partial charge on any atom is -0.468 e. The molecular formula is C27H23NO2. The smallest absolute Gasteiger partial charge is 0.315 e. The van der Waals surface area contributed by atoms with Crippen LogP contribution in [-0.4, -0.2) is 18.8 Å². The van der Waals surface area contributed by atoms with E-state index in [2.05, 4.69) is 55.5 Å². The zero-order chi connectivity index (χ0) is 20.7. The van der Waals surface area contributed by atoms with Crippen molar-refractivity contribution in [1.29, 1.82) is 0 Å². The van der Waals surface area contributed by atoms with E-state index in [0.29, 0.717) is 0 Å². The standard InChI is InChI=1S/C27H23NO2/c1-27-22-16-10-9-15-20(22)24(28-25(27)19-13-7-4-8-14-19)21(26(29)30-2)17-23(27)18-11-5-3-6-12-18/h3-17,21,24H,1-2H3. The summed E-state index contributed by atoms with van der Waals surface area (Å²) in [6, 6.07) is 28.7. The van der Waals surface area contributed by atoms with Gasteiger partial charge in [-0.05, 0) is 34.8 Å². The minimum absolute atomic E-state index is 0.259. The quantitative estimate of drug-likeness (QED) is 0.561. The molecule has 2 aliphatic heterocycles. The second kappa shape index (κ2) is 7.10. The molecule has 1 aliphatic carbocycles. The molecule has 3 heteroatoms. The summed E-state index contributed by atoms with van der Waals surface area (Å²) in [5.41, 5.74) is 6.06. The highest BCUT2D eigenvalue weighted by Gasteiger charge is 2.49. The van der Waals surface area contributed by atoms with Gasteiger partial charge in [0, 0.05) is 0 Å². The van der Waals surface area contributed by atoms with Crippen LogP contribution in [0.1, 0.15) is 35.2 Å². The van der Waals surface area contributed by atoms with Gasteiger partial charge in [0.05, 0.1) is 24.3 Å². The van der Waals surface area contributed by atoms with Gasteiger partial charge in [-0.25, -0.2) is 0 Å².